The van der Waals surface area contributed by atoms with E-state index in [1.807, 2.05) is 0 Å². The van der Waals surface area contributed by atoms with Crippen molar-refractivity contribution < 1.29 is 13.0 Å². The quantitative estimate of drug-likeness (QED) is 0.360. The summed E-state index contributed by atoms with van der Waals surface area (Å²) in [5, 5.41) is 0. The van der Waals surface area contributed by atoms with Gasteiger partial charge in [-0.1, -0.05) is 0 Å². The highest BCUT2D eigenvalue weighted by Gasteiger charge is 2.13. The summed E-state index contributed by atoms with van der Waals surface area (Å²) in [6.45, 7) is 0. The van der Waals surface area contributed by atoms with Gasteiger partial charge in [0.1, 0.15) is 4.90 Å². The molecule has 12 heavy (non-hydrogen) atoms. The van der Waals surface area contributed by atoms with Crippen molar-refractivity contribution in [2.24, 2.45) is 0 Å². The first kappa shape index (κ1) is 9.37. The molecule has 0 radical (unpaired) electrons. The molecule has 0 aliphatic rings. The molecule has 0 atom stereocenters. The van der Waals surface area contributed by atoms with E-state index < -0.39 is 10.1 Å². The maximum absolute atomic E-state index is 10.6. The molecule has 0 spiro atoms. The van der Waals surface area contributed by atoms with Crippen LogP contribution in [0.2, 0.25) is 0 Å². The van der Waals surface area contributed by atoms with Gasteiger partial charge >= 0.3 is 0 Å². The Labute approximate surface area is 75.6 Å². The summed E-state index contributed by atoms with van der Waals surface area (Å²) in [5.74, 6) is 0. The number of thiol groups is 1. The standard InChI is InChI=1S/C6H7NO3S2/c7-5-2-1-4(11)3-6(5)12(8,9)10/h1-3,11H,7H2,(H,8,9,10). The second-order valence-corrected chi connectivity index (χ2v) is 4.10. The third-order valence-electron chi connectivity index (χ3n) is 1.28. The Hall–Kier alpha value is -0.720. The number of nitrogens with two attached hydrogens (primary N) is 1. The van der Waals surface area contributed by atoms with Gasteiger partial charge in [0.15, 0.2) is 0 Å². The molecule has 3 N–H and O–H groups in total. The van der Waals surface area contributed by atoms with Gasteiger partial charge in [0.25, 0.3) is 10.1 Å². The molecule has 1 aromatic rings. The van der Waals surface area contributed by atoms with Crippen molar-refractivity contribution in [2.75, 3.05) is 5.73 Å². The van der Waals surface area contributed by atoms with Gasteiger partial charge in [-0.05, 0) is 18.2 Å². The zero-order valence-electron chi connectivity index (χ0n) is 5.93. The zero-order chi connectivity index (χ0) is 9.35. The molecule has 0 aliphatic carbocycles. The van der Waals surface area contributed by atoms with E-state index in [0.717, 1.165) is 0 Å². The third-order valence-corrected chi connectivity index (χ3v) is 2.46. The second-order valence-electron chi connectivity index (χ2n) is 2.20. The van der Waals surface area contributed by atoms with E-state index in [1.54, 1.807) is 0 Å². The first-order valence-corrected chi connectivity index (χ1v) is 4.86. The second kappa shape index (κ2) is 2.96. The van der Waals surface area contributed by atoms with Crippen LogP contribution >= 0.6 is 12.6 Å². The van der Waals surface area contributed by atoms with Crippen LogP contribution in [0, 0.1) is 0 Å². The summed E-state index contributed by atoms with van der Waals surface area (Å²) in [7, 11) is -4.23. The van der Waals surface area contributed by atoms with Crippen LogP contribution in [0.15, 0.2) is 28.0 Å². The monoisotopic (exact) mass is 205 g/mol. The minimum atomic E-state index is -4.23. The lowest BCUT2D eigenvalue weighted by Gasteiger charge is -2.01. The van der Waals surface area contributed by atoms with Crippen molar-refractivity contribution >= 4 is 28.4 Å². The molecule has 0 saturated carbocycles. The van der Waals surface area contributed by atoms with Gasteiger partial charge in [-0.2, -0.15) is 8.42 Å². The molecular formula is C6H7NO3S2. The Bertz CT molecular complexity index is 399. The summed E-state index contributed by atoms with van der Waals surface area (Å²) in [6, 6.07) is 4.09. The molecule has 1 aromatic carbocycles. The van der Waals surface area contributed by atoms with Gasteiger partial charge in [0, 0.05) is 4.90 Å². The predicted octanol–water partition coefficient (Wildman–Crippen LogP) is 0.804. The lowest BCUT2D eigenvalue weighted by atomic mass is 10.3. The average Bonchev–Trinajstić information content (AvgIpc) is 1.92. The Kier molecular flexibility index (Phi) is 2.31. The van der Waals surface area contributed by atoms with Crippen molar-refractivity contribution in [2.45, 2.75) is 9.79 Å². The molecule has 0 saturated heterocycles. The topological polar surface area (TPSA) is 80.4 Å². The van der Waals surface area contributed by atoms with Gasteiger partial charge < -0.3 is 5.73 Å². The number of rotatable bonds is 1. The normalized spacial score (nSPS) is 11.5. The molecule has 1 rings (SSSR count). The highest BCUT2D eigenvalue weighted by atomic mass is 32.2. The lowest BCUT2D eigenvalue weighted by Crippen LogP contribution is -2.02. The van der Waals surface area contributed by atoms with Crippen LogP contribution in [0.4, 0.5) is 5.69 Å². The van der Waals surface area contributed by atoms with Gasteiger partial charge in [-0.15, -0.1) is 12.6 Å². The summed E-state index contributed by atoms with van der Waals surface area (Å²) in [6.07, 6.45) is 0. The molecule has 66 valence electrons. The SMILES string of the molecule is Nc1ccc(S)cc1S(=O)(=O)O. The third kappa shape index (κ3) is 1.90. The largest absolute Gasteiger partial charge is 0.398 e. The number of nitrogen functional groups attached to an aromatic ring is 1. The fourth-order valence-corrected chi connectivity index (χ4v) is 1.68. The highest BCUT2D eigenvalue weighted by Crippen LogP contribution is 2.20. The lowest BCUT2D eigenvalue weighted by molar-refractivity contribution is 0.483. The van der Waals surface area contributed by atoms with E-state index in [9.17, 15) is 8.42 Å². The van der Waals surface area contributed by atoms with Gasteiger partial charge in [-0.25, -0.2) is 0 Å². The summed E-state index contributed by atoms with van der Waals surface area (Å²) >= 11 is 3.90. The van der Waals surface area contributed by atoms with Crippen molar-refractivity contribution in [3.05, 3.63) is 18.2 Å². The number of benzene rings is 1. The van der Waals surface area contributed by atoms with Crippen LogP contribution in [-0.4, -0.2) is 13.0 Å². The molecule has 6 heteroatoms. The van der Waals surface area contributed by atoms with E-state index in [0.29, 0.717) is 4.90 Å². The maximum Gasteiger partial charge on any atom is 0.296 e. The van der Waals surface area contributed by atoms with Crippen LogP contribution in [0.25, 0.3) is 0 Å². The van der Waals surface area contributed by atoms with Gasteiger partial charge in [-0.3, -0.25) is 4.55 Å². The number of anilines is 1. The zero-order valence-corrected chi connectivity index (χ0v) is 7.64. The molecule has 4 nitrogen and oxygen atoms in total. The maximum atomic E-state index is 10.6. The average molecular weight is 205 g/mol. The van der Waals surface area contributed by atoms with Crippen molar-refractivity contribution in [3.63, 3.8) is 0 Å². The molecular weight excluding hydrogens is 198 g/mol. The molecule has 0 aromatic heterocycles. The molecule has 0 bridgehead atoms. The van der Waals surface area contributed by atoms with Crippen LogP contribution in [0.3, 0.4) is 0 Å². The Balaban J connectivity index is 3.43. The fourth-order valence-electron chi connectivity index (χ4n) is 0.746. The molecule has 0 fully saturated rings. The van der Waals surface area contributed by atoms with Crippen molar-refractivity contribution in [1.29, 1.82) is 0 Å². The first-order valence-electron chi connectivity index (χ1n) is 2.97. The minimum absolute atomic E-state index is 0.00954. The van der Waals surface area contributed by atoms with E-state index in [1.165, 1.54) is 18.2 Å². The van der Waals surface area contributed by atoms with E-state index in [4.69, 9.17) is 10.3 Å². The molecule has 0 unspecified atom stereocenters. The fraction of sp³-hybridized carbons (Fsp3) is 0. The van der Waals surface area contributed by atoms with E-state index in [2.05, 4.69) is 12.6 Å². The minimum Gasteiger partial charge on any atom is -0.398 e. The summed E-state index contributed by atoms with van der Waals surface area (Å²) in [4.78, 5) is 0.117. The summed E-state index contributed by atoms with van der Waals surface area (Å²) in [5.41, 5.74) is 5.31. The number of hydrogen-bond donors (Lipinski definition) is 3. The van der Waals surface area contributed by atoms with Crippen molar-refractivity contribution in [1.82, 2.24) is 0 Å². The highest BCUT2D eigenvalue weighted by molar-refractivity contribution is 7.86. The van der Waals surface area contributed by atoms with Gasteiger partial charge in [0.2, 0.25) is 0 Å². The first-order chi connectivity index (χ1) is 5.41. The van der Waals surface area contributed by atoms with Crippen LogP contribution < -0.4 is 5.73 Å². The van der Waals surface area contributed by atoms with Gasteiger partial charge in [0.05, 0.1) is 5.69 Å². The predicted molar refractivity (Wildman–Crippen MR) is 47.9 cm³/mol. The van der Waals surface area contributed by atoms with Crippen LogP contribution in [0.5, 0.6) is 0 Å². The Morgan fingerprint density at radius 1 is 1.42 bits per heavy atom. The number of hydrogen-bond acceptors (Lipinski definition) is 4. The molecule has 0 amide bonds. The van der Waals surface area contributed by atoms with E-state index in [-0.39, 0.29) is 10.6 Å². The Morgan fingerprint density at radius 2 is 2.00 bits per heavy atom. The summed E-state index contributed by atoms with van der Waals surface area (Å²) < 4.78 is 29.9. The van der Waals surface area contributed by atoms with Crippen LogP contribution in [0.1, 0.15) is 0 Å². The molecule has 0 heterocycles. The molecule has 0 aliphatic heterocycles. The van der Waals surface area contributed by atoms with E-state index >= 15 is 0 Å². The van der Waals surface area contributed by atoms with Crippen LogP contribution in [-0.2, 0) is 10.1 Å². The Morgan fingerprint density at radius 3 is 2.42 bits per heavy atom. The smallest absolute Gasteiger partial charge is 0.296 e. The van der Waals surface area contributed by atoms with Crippen molar-refractivity contribution in [3.8, 4) is 0 Å².